The largest absolute Gasteiger partial charge is 0.456 e. The highest BCUT2D eigenvalue weighted by molar-refractivity contribution is 6.09. The molecule has 0 fully saturated rings. The first-order valence-corrected chi connectivity index (χ1v) is 15.2. The quantitative estimate of drug-likeness (QED) is 0.199. The molecule has 216 valence electrons. The van der Waals surface area contributed by atoms with Crippen molar-refractivity contribution >= 4 is 32.9 Å². The zero-order chi connectivity index (χ0) is 30.5. The van der Waals surface area contributed by atoms with E-state index < -0.39 is 0 Å². The summed E-state index contributed by atoms with van der Waals surface area (Å²) in [7, 11) is 0. The second-order valence-electron chi connectivity index (χ2n) is 11.3. The summed E-state index contributed by atoms with van der Waals surface area (Å²) >= 11 is 0. The van der Waals surface area contributed by atoms with Crippen molar-refractivity contribution in [1.82, 2.24) is 15.0 Å². The van der Waals surface area contributed by atoms with Gasteiger partial charge >= 0.3 is 0 Å². The molecule has 0 saturated carbocycles. The normalized spacial score (nSPS) is 11.5. The maximum absolute atomic E-state index is 6.37. The Morgan fingerprint density at radius 1 is 0.370 bits per heavy atom. The lowest BCUT2D eigenvalue weighted by Crippen LogP contribution is -2.00. The van der Waals surface area contributed by atoms with E-state index >= 15 is 0 Å². The number of fused-ring (bicyclic) bond motifs is 4. The van der Waals surface area contributed by atoms with Gasteiger partial charge in [-0.1, -0.05) is 127 Å². The van der Waals surface area contributed by atoms with Gasteiger partial charge in [0.15, 0.2) is 17.5 Å². The number of para-hydroxylation sites is 3. The highest BCUT2D eigenvalue weighted by Crippen LogP contribution is 2.36. The molecule has 46 heavy (non-hydrogen) atoms. The Morgan fingerprint density at radius 3 is 1.67 bits per heavy atom. The molecule has 9 aromatic rings. The molecular formula is C41H25N3O2. The molecule has 0 atom stereocenters. The summed E-state index contributed by atoms with van der Waals surface area (Å²) in [4.78, 5) is 15.0. The van der Waals surface area contributed by atoms with E-state index in [0.717, 1.165) is 72.0 Å². The molecule has 6 aromatic carbocycles. The summed E-state index contributed by atoms with van der Waals surface area (Å²) in [5.41, 5.74) is 8.33. The van der Waals surface area contributed by atoms with Gasteiger partial charge in [0.25, 0.3) is 0 Å². The van der Waals surface area contributed by atoms with E-state index in [1.54, 1.807) is 0 Å². The highest BCUT2D eigenvalue weighted by Gasteiger charge is 2.18. The lowest BCUT2D eigenvalue weighted by atomic mass is 10.0. The minimum absolute atomic E-state index is 0.554. The van der Waals surface area contributed by atoms with Gasteiger partial charge in [0.05, 0.1) is 5.56 Å². The van der Waals surface area contributed by atoms with E-state index in [-0.39, 0.29) is 0 Å². The van der Waals surface area contributed by atoms with Gasteiger partial charge in [-0.3, -0.25) is 0 Å². The molecule has 0 N–H and O–H groups in total. The van der Waals surface area contributed by atoms with Crippen LogP contribution in [-0.2, 0) is 0 Å². The molecule has 9 rings (SSSR count). The molecule has 0 radical (unpaired) electrons. The second kappa shape index (κ2) is 10.7. The lowest BCUT2D eigenvalue weighted by Gasteiger charge is -2.10. The van der Waals surface area contributed by atoms with Gasteiger partial charge in [-0.25, -0.2) is 15.0 Å². The molecule has 5 nitrogen and oxygen atoms in total. The van der Waals surface area contributed by atoms with Crippen LogP contribution in [0.1, 0.15) is 0 Å². The predicted octanol–water partition coefficient (Wildman–Crippen LogP) is 10.9. The van der Waals surface area contributed by atoms with Crippen molar-refractivity contribution < 1.29 is 8.83 Å². The molecule has 0 amide bonds. The van der Waals surface area contributed by atoms with Gasteiger partial charge in [0.2, 0.25) is 0 Å². The monoisotopic (exact) mass is 591 g/mol. The van der Waals surface area contributed by atoms with Crippen LogP contribution in [0.15, 0.2) is 160 Å². The van der Waals surface area contributed by atoms with Gasteiger partial charge in [-0.05, 0) is 35.4 Å². The summed E-state index contributed by atoms with van der Waals surface area (Å²) < 4.78 is 12.5. The van der Waals surface area contributed by atoms with Crippen LogP contribution in [0.2, 0.25) is 0 Å². The molecule has 0 bridgehead atoms. The zero-order valence-electron chi connectivity index (χ0n) is 24.6. The van der Waals surface area contributed by atoms with Crippen molar-refractivity contribution in [1.29, 1.82) is 0 Å². The maximum Gasteiger partial charge on any atom is 0.167 e. The third-order valence-corrected chi connectivity index (χ3v) is 8.38. The van der Waals surface area contributed by atoms with Gasteiger partial charge < -0.3 is 8.83 Å². The van der Waals surface area contributed by atoms with Crippen LogP contribution in [0, 0.1) is 0 Å². The second-order valence-corrected chi connectivity index (χ2v) is 11.3. The van der Waals surface area contributed by atoms with Crippen LogP contribution in [0.4, 0.5) is 0 Å². The summed E-state index contributed by atoms with van der Waals surface area (Å²) in [5, 5.41) is 3.16. The summed E-state index contributed by atoms with van der Waals surface area (Å²) in [6, 6.07) is 51.1. The number of aromatic nitrogens is 3. The van der Waals surface area contributed by atoms with Crippen LogP contribution in [0.5, 0.6) is 0 Å². The minimum atomic E-state index is 0.554. The number of benzene rings is 6. The van der Waals surface area contributed by atoms with Gasteiger partial charge in [-0.15, -0.1) is 0 Å². The van der Waals surface area contributed by atoms with E-state index in [1.807, 2.05) is 91.0 Å². The fraction of sp³-hybridized carbons (Fsp3) is 0. The van der Waals surface area contributed by atoms with Crippen LogP contribution in [0.25, 0.3) is 89.5 Å². The first-order valence-electron chi connectivity index (χ1n) is 15.2. The Bertz CT molecular complexity index is 2480. The summed E-state index contributed by atoms with van der Waals surface area (Å²) in [5.74, 6) is 2.54. The fourth-order valence-corrected chi connectivity index (χ4v) is 6.03. The smallest absolute Gasteiger partial charge is 0.167 e. The van der Waals surface area contributed by atoms with E-state index in [9.17, 15) is 0 Å². The highest BCUT2D eigenvalue weighted by atomic mass is 16.3. The van der Waals surface area contributed by atoms with E-state index in [1.165, 1.54) is 0 Å². The van der Waals surface area contributed by atoms with Crippen molar-refractivity contribution in [3.05, 3.63) is 152 Å². The Morgan fingerprint density at radius 2 is 0.935 bits per heavy atom. The van der Waals surface area contributed by atoms with Gasteiger partial charge in [0, 0.05) is 32.8 Å². The SMILES string of the molecule is c1ccc(-c2ccc(-c3nc(-c4ccc(-c5cc6ccccc6o5)cc4)nc(-c4cccc5c4oc4ccccc45)n3)cc2)cc1. The molecule has 3 heterocycles. The third-order valence-electron chi connectivity index (χ3n) is 8.38. The molecule has 0 saturated heterocycles. The van der Waals surface area contributed by atoms with Crippen molar-refractivity contribution in [3.63, 3.8) is 0 Å². The first kappa shape index (κ1) is 26.1. The number of hydrogen-bond donors (Lipinski definition) is 0. The van der Waals surface area contributed by atoms with Crippen LogP contribution in [-0.4, -0.2) is 15.0 Å². The first-order chi connectivity index (χ1) is 22.8. The predicted molar refractivity (Wildman–Crippen MR) is 184 cm³/mol. The number of rotatable bonds is 5. The third kappa shape index (κ3) is 4.54. The van der Waals surface area contributed by atoms with Crippen LogP contribution >= 0.6 is 0 Å². The molecule has 0 unspecified atom stereocenters. The molecule has 0 aliphatic rings. The molecule has 5 heteroatoms. The topological polar surface area (TPSA) is 65.0 Å². The van der Waals surface area contributed by atoms with E-state index in [2.05, 4.69) is 60.7 Å². The van der Waals surface area contributed by atoms with Crippen molar-refractivity contribution in [2.75, 3.05) is 0 Å². The van der Waals surface area contributed by atoms with Gasteiger partial charge in [0.1, 0.15) is 22.5 Å². The average molecular weight is 592 g/mol. The Balaban J connectivity index is 1.18. The van der Waals surface area contributed by atoms with E-state index in [4.69, 9.17) is 23.8 Å². The fourth-order valence-electron chi connectivity index (χ4n) is 6.03. The van der Waals surface area contributed by atoms with E-state index in [0.29, 0.717) is 17.5 Å². The molecule has 3 aromatic heterocycles. The van der Waals surface area contributed by atoms with Crippen LogP contribution < -0.4 is 0 Å². The summed E-state index contributed by atoms with van der Waals surface area (Å²) in [6.45, 7) is 0. The van der Waals surface area contributed by atoms with Crippen molar-refractivity contribution in [3.8, 4) is 56.6 Å². The molecular weight excluding hydrogens is 566 g/mol. The minimum Gasteiger partial charge on any atom is -0.456 e. The standard InChI is InChI=1S/C41H25N3O2/c1-2-9-26(10-3-1)27-17-21-29(22-18-27)39-42-40(30-23-19-28(20-24-30)37-25-31-11-4-6-15-35(31)45-37)44-41(43-39)34-14-8-13-33-32-12-5-7-16-36(32)46-38(33)34/h1-25H. The number of nitrogens with zero attached hydrogens (tertiary/aromatic N) is 3. The maximum atomic E-state index is 6.37. The lowest BCUT2D eigenvalue weighted by molar-refractivity contribution is 0.631. The van der Waals surface area contributed by atoms with Crippen molar-refractivity contribution in [2.45, 2.75) is 0 Å². The number of hydrogen-bond acceptors (Lipinski definition) is 5. The summed E-state index contributed by atoms with van der Waals surface area (Å²) in [6.07, 6.45) is 0. The Kier molecular flexibility index (Phi) is 6.06. The van der Waals surface area contributed by atoms with Gasteiger partial charge in [-0.2, -0.15) is 0 Å². The molecule has 0 aliphatic heterocycles. The van der Waals surface area contributed by atoms with Crippen molar-refractivity contribution in [2.24, 2.45) is 0 Å². The Labute approximate surface area is 264 Å². The molecule has 0 aliphatic carbocycles. The zero-order valence-corrected chi connectivity index (χ0v) is 24.6. The van der Waals surface area contributed by atoms with Crippen LogP contribution in [0.3, 0.4) is 0 Å². The average Bonchev–Trinajstić information content (AvgIpc) is 3.74. The Hall–Kier alpha value is -6.33. The number of furan rings is 2. The molecule has 0 spiro atoms.